The Kier molecular flexibility index (Phi) is 3.64. The first-order valence-electron chi connectivity index (χ1n) is 8.28. The molecule has 1 nitrogen and oxygen atoms in total. The van der Waals surface area contributed by atoms with Crippen LogP contribution in [0.1, 0.15) is 50.0 Å². The van der Waals surface area contributed by atoms with Gasteiger partial charge in [-0.15, -0.1) is 0 Å². The monoisotopic (exact) mass is 333 g/mol. The van der Waals surface area contributed by atoms with Gasteiger partial charge in [0.25, 0.3) is 0 Å². The van der Waals surface area contributed by atoms with Gasteiger partial charge in [-0.05, 0) is 86.4 Å². The minimum Gasteiger partial charge on any atom is -0.314 e. The maximum atomic E-state index is 3.86. The molecular weight excluding hydrogens is 310 g/mol. The van der Waals surface area contributed by atoms with Gasteiger partial charge in [0.1, 0.15) is 0 Å². The first kappa shape index (κ1) is 13.3. The Morgan fingerprint density at radius 3 is 2.40 bits per heavy atom. The van der Waals surface area contributed by atoms with Gasteiger partial charge in [-0.3, -0.25) is 0 Å². The Morgan fingerprint density at radius 1 is 1.10 bits per heavy atom. The van der Waals surface area contributed by atoms with Crippen molar-refractivity contribution in [1.29, 1.82) is 0 Å². The van der Waals surface area contributed by atoms with Crippen molar-refractivity contribution < 1.29 is 0 Å². The largest absolute Gasteiger partial charge is 0.314 e. The number of hydrogen-bond donors (Lipinski definition) is 1. The van der Waals surface area contributed by atoms with Crippen LogP contribution in [0.15, 0.2) is 28.7 Å². The molecule has 0 atom stereocenters. The lowest BCUT2D eigenvalue weighted by Gasteiger charge is -2.37. The number of benzene rings is 1. The van der Waals surface area contributed by atoms with E-state index >= 15 is 0 Å². The quantitative estimate of drug-likeness (QED) is 0.794. The normalized spacial score (nSPS) is 29.5. The van der Waals surface area contributed by atoms with E-state index in [4.69, 9.17) is 0 Å². The predicted octanol–water partition coefficient (Wildman–Crippen LogP) is 4.72. The Bertz CT molecular complexity index is 460. The van der Waals surface area contributed by atoms with E-state index in [9.17, 15) is 0 Å². The van der Waals surface area contributed by atoms with Crippen molar-refractivity contribution >= 4 is 15.9 Å². The highest BCUT2D eigenvalue weighted by Crippen LogP contribution is 2.49. The van der Waals surface area contributed by atoms with Crippen molar-refractivity contribution in [3.05, 3.63) is 34.3 Å². The molecule has 4 rings (SSSR count). The maximum absolute atomic E-state index is 3.86. The smallest absolute Gasteiger partial charge is 0.0178 e. The van der Waals surface area contributed by atoms with E-state index in [1.807, 2.05) is 0 Å². The summed E-state index contributed by atoms with van der Waals surface area (Å²) in [5, 5.41) is 3.86. The molecule has 0 radical (unpaired) electrons. The highest BCUT2D eigenvalue weighted by molar-refractivity contribution is 9.10. The minimum absolute atomic E-state index is 0.777. The fourth-order valence-electron chi connectivity index (χ4n) is 3.89. The summed E-state index contributed by atoms with van der Waals surface area (Å²) in [6.45, 7) is 1.30. The van der Waals surface area contributed by atoms with E-state index in [1.54, 1.807) is 0 Å². The van der Waals surface area contributed by atoms with Crippen LogP contribution in [-0.2, 0) is 0 Å². The fourth-order valence-corrected chi connectivity index (χ4v) is 4.30. The standard InChI is InChI=1S/C18H24BrN/c19-16-3-1-2-14(8-16)15-9-17(10-15)20-11-18(12-4-5-12)13-6-7-13/h1-3,8,12-13,15,17-18,20H,4-7,9-11H2. The van der Waals surface area contributed by atoms with Gasteiger partial charge in [-0.1, -0.05) is 28.1 Å². The van der Waals surface area contributed by atoms with Crippen LogP contribution >= 0.6 is 15.9 Å². The van der Waals surface area contributed by atoms with Gasteiger partial charge < -0.3 is 5.32 Å². The van der Waals surface area contributed by atoms with Crippen LogP contribution in [0.3, 0.4) is 0 Å². The highest BCUT2D eigenvalue weighted by atomic mass is 79.9. The Hall–Kier alpha value is -0.340. The third-order valence-electron chi connectivity index (χ3n) is 5.56. The Morgan fingerprint density at radius 2 is 1.80 bits per heavy atom. The Balaban J connectivity index is 1.25. The van der Waals surface area contributed by atoms with Gasteiger partial charge in [-0.25, -0.2) is 0 Å². The fraction of sp³-hybridized carbons (Fsp3) is 0.667. The molecule has 3 fully saturated rings. The lowest BCUT2D eigenvalue weighted by molar-refractivity contribution is 0.259. The van der Waals surface area contributed by atoms with Crippen molar-refractivity contribution in [2.45, 2.75) is 50.5 Å². The first-order chi connectivity index (χ1) is 9.79. The van der Waals surface area contributed by atoms with E-state index in [1.165, 1.54) is 55.1 Å². The summed E-state index contributed by atoms with van der Waals surface area (Å²) in [5.74, 6) is 3.96. The average molecular weight is 334 g/mol. The molecule has 1 aromatic carbocycles. The summed E-state index contributed by atoms with van der Waals surface area (Å²) >= 11 is 3.58. The molecule has 0 heterocycles. The lowest BCUT2D eigenvalue weighted by Crippen LogP contribution is -2.42. The second-order valence-corrected chi connectivity index (χ2v) is 8.08. The van der Waals surface area contributed by atoms with Crippen LogP contribution in [0.5, 0.6) is 0 Å². The van der Waals surface area contributed by atoms with Crippen molar-refractivity contribution in [1.82, 2.24) is 5.32 Å². The van der Waals surface area contributed by atoms with Crippen molar-refractivity contribution in [2.24, 2.45) is 17.8 Å². The first-order valence-corrected chi connectivity index (χ1v) is 9.08. The molecule has 2 heteroatoms. The minimum atomic E-state index is 0.777. The molecule has 0 aromatic heterocycles. The highest BCUT2D eigenvalue weighted by Gasteiger charge is 2.41. The van der Waals surface area contributed by atoms with E-state index in [0.29, 0.717) is 0 Å². The van der Waals surface area contributed by atoms with Crippen LogP contribution in [0.2, 0.25) is 0 Å². The molecule has 0 bridgehead atoms. The summed E-state index contributed by atoms with van der Waals surface area (Å²) in [4.78, 5) is 0. The van der Waals surface area contributed by atoms with E-state index < -0.39 is 0 Å². The van der Waals surface area contributed by atoms with Crippen LogP contribution in [0, 0.1) is 17.8 Å². The summed E-state index contributed by atoms with van der Waals surface area (Å²) in [5.41, 5.74) is 1.51. The molecule has 0 amide bonds. The van der Waals surface area contributed by atoms with Gasteiger partial charge in [-0.2, -0.15) is 0 Å². The van der Waals surface area contributed by atoms with Gasteiger partial charge in [0.15, 0.2) is 0 Å². The van der Waals surface area contributed by atoms with Gasteiger partial charge in [0.05, 0.1) is 0 Å². The maximum Gasteiger partial charge on any atom is 0.0178 e. The average Bonchev–Trinajstić information content (AvgIpc) is 3.25. The van der Waals surface area contributed by atoms with Gasteiger partial charge in [0, 0.05) is 10.5 Å². The van der Waals surface area contributed by atoms with Crippen LogP contribution in [-0.4, -0.2) is 12.6 Å². The number of rotatable bonds is 6. The van der Waals surface area contributed by atoms with Gasteiger partial charge in [0.2, 0.25) is 0 Å². The zero-order chi connectivity index (χ0) is 13.5. The van der Waals surface area contributed by atoms with Crippen molar-refractivity contribution in [3.8, 4) is 0 Å². The molecule has 3 aliphatic rings. The molecule has 0 unspecified atom stereocenters. The topological polar surface area (TPSA) is 12.0 Å². The van der Waals surface area contributed by atoms with Crippen molar-refractivity contribution in [2.75, 3.05) is 6.54 Å². The molecule has 0 spiro atoms. The SMILES string of the molecule is Brc1cccc(C2CC(NCC(C3CC3)C3CC3)C2)c1. The van der Waals surface area contributed by atoms with Gasteiger partial charge >= 0.3 is 0 Å². The number of halogens is 1. The molecule has 1 N–H and O–H groups in total. The van der Waals surface area contributed by atoms with E-state index in [0.717, 1.165) is 29.7 Å². The molecule has 3 aliphatic carbocycles. The molecule has 20 heavy (non-hydrogen) atoms. The van der Waals surface area contributed by atoms with Crippen LogP contribution in [0.25, 0.3) is 0 Å². The molecular formula is C18H24BrN. The third-order valence-corrected chi connectivity index (χ3v) is 6.05. The third kappa shape index (κ3) is 2.96. The lowest BCUT2D eigenvalue weighted by atomic mass is 9.75. The molecule has 3 saturated carbocycles. The molecule has 0 aliphatic heterocycles. The summed E-state index contributed by atoms with van der Waals surface area (Å²) in [6.07, 6.45) is 8.70. The second kappa shape index (κ2) is 5.46. The number of nitrogens with one attached hydrogen (secondary N) is 1. The molecule has 1 aromatic rings. The molecule has 0 saturated heterocycles. The van der Waals surface area contributed by atoms with Crippen LogP contribution in [0.4, 0.5) is 0 Å². The predicted molar refractivity (Wildman–Crippen MR) is 86.8 cm³/mol. The number of hydrogen-bond acceptors (Lipinski definition) is 1. The summed E-state index contributed by atoms with van der Waals surface area (Å²) < 4.78 is 1.22. The summed E-state index contributed by atoms with van der Waals surface area (Å²) in [6, 6.07) is 9.63. The van der Waals surface area contributed by atoms with E-state index in [2.05, 4.69) is 45.5 Å². The van der Waals surface area contributed by atoms with Crippen LogP contribution < -0.4 is 5.32 Å². The summed E-state index contributed by atoms with van der Waals surface area (Å²) in [7, 11) is 0. The van der Waals surface area contributed by atoms with Crippen molar-refractivity contribution in [3.63, 3.8) is 0 Å². The van der Waals surface area contributed by atoms with E-state index in [-0.39, 0.29) is 0 Å². The molecule has 108 valence electrons. The Labute approximate surface area is 130 Å². The zero-order valence-corrected chi connectivity index (χ0v) is 13.6. The second-order valence-electron chi connectivity index (χ2n) is 7.17. The zero-order valence-electron chi connectivity index (χ0n) is 12.0.